The molecule has 1 unspecified atom stereocenters. The molecule has 6 heteroatoms. The Morgan fingerprint density at radius 2 is 2.14 bits per heavy atom. The van der Waals surface area contributed by atoms with E-state index < -0.39 is 6.04 Å². The van der Waals surface area contributed by atoms with Crippen molar-refractivity contribution in [3.05, 3.63) is 30.0 Å². The number of aromatic amines is 1. The van der Waals surface area contributed by atoms with Crippen molar-refractivity contribution in [3.63, 3.8) is 0 Å². The summed E-state index contributed by atoms with van der Waals surface area (Å²) in [6.45, 7) is 4.24. The third-order valence-corrected chi connectivity index (χ3v) is 3.24. The number of aromatic nitrogens is 1. The largest absolute Gasteiger partial charge is 0.399 e. The molecule has 0 fully saturated rings. The molecule has 112 valence electrons. The number of nitrogens with one attached hydrogen (secondary N) is 3. The van der Waals surface area contributed by atoms with Crippen molar-refractivity contribution < 1.29 is 9.59 Å². The molecule has 1 aromatic carbocycles. The highest BCUT2D eigenvalue weighted by Gasteiger charge is 2.18. The first-order valence-corrected chi connectivity index (χ1v) is 6.98. The molecule has 1 atom stereocenters. The summed E-state index contributed by atoms with van der Waals surface area (Å²) in [5.41, 5.74) is 7.63. The third-order valence-electron chi connectivity index (χ3n) is 3.24. The number of amides is 2. The van der Waals surface area contributed by atoms with Crippen molar-refractivity contribution in [2.24, 2.45) is 0 Å². The quantitative estimate of drug-likeness (QED) is 0.626. The number of nitrogen functional groups attached to an aromatic ring is 1. The maximum absolute atomic E-state index is 12.3. The van der Waals surface area contributed by atoms with Crippen molar-refractivity contribution in [1.82, 2.24) is 15.6 Å². The molecule has 5 N–H and O–H groups in total. The number of fused-ring (bicyclic) bond motifs is 1. The standard InChI is InChI=1S/C15H20N4O2/c1-3-6-17-14(20)9(2)19-15(21)12-8-18-13-7-10(16)4-5-11(12)13/h4-5,7-9,18H,3,6,16H2,1-2H3,(H,17,20)(H,19,21). The molecule has 1 aromatic heterocycles. The number of rotatable bonds is 5. The van der Waals surface area contributed by atoms with Crippen LogP contribution in [0.4, 0.5) is 5.69 Å². The van der Waals surface area contributed by atoms with Crippen LogP contribution < -0.4 is 16.4 Å². The minimum absolute atomic E-state index is 0.186. The fourth-order valence-electron chi connectivity index (χ4n) is 2.07. The predicted octanol–water partition coefficient (Wildman–Crippen LogP) is 1.39. The zero-order valence-electron chi connectivity index (χ0n) is 12.2. The Labute approximate surface area is 123 Å². The first-order chi connectivity index (χ1) is 10.0. The minimum Gasteiger partial charge on any atom is -0.399 e. The first kappa shape index (κ1) is 14.9. The van der Waals surface area contributed by atoms with Crippen LogP contribution in [0.2, 0.25) is 0 Å². The molecule has 0 spiro atoms. The molecule has 2 amide bonds. The molecule has 21 heavy (non-hydrogen) atoms. The highest BCUT2D eigenvalue weighted by atomic mass is 16.2. The van der Waals surface area contributed by atoms with Crippen LogP contribution in [-0.2, 0) is 4.79 Å². The van der Waals surface area contributed by atoms with Crippen molar-refractivity contribution >= 4 is 28.4 Å². The second kappa shape index (κ2) is 6.30. The van der Waals surface area contributed by atoms with E-state index in [0.717, 1.165) is 17.3 Å². The Balaban J connectivity index is 2.10. The topological polar surface area (TPSA) is 100 Å². The number of hydrogen-bond donors (Lipinski definition) is 4. The lowest BCUT2D eigenvalue weighted by Gasteiger charge is -2.13. The molecule has 6 nitrogen and oxygen atoms in total. The SMILES string of the molecule is CCCNC(=O)C(C)NC(=O)c1c[nH]c2cc(N)ccc12. The van der Waals surface area contributed by atoms with E-state index in [9.17, 15) is 9.59 Å². The number of benzene rings is 1. The maximum atomic E-state index is 12.3. The molecule has 0 bridgehead atoms. The van der Waals surface area contributed by atoms with Crippen molar-refractivity contribution in [1.29, 1.82) is 0 Å². The fraction of sp³-hybridized carbons (Fsp3) is 0.333. The van der Waals surface area contributed by atoms with E-state index >= 15 is 0 Å². The molecule has 2 rings (SSSR count). The van der Waals surface area contributed by atoms with Crippen LogP contribution in [-0.4, -0.2) is 29.4 Å². The van der Waals surface area contributed by atoms with Crippen LogP contribution in [0.15, 0.2) is 24.4 Å². The summed E-state index contributed by atoms with van der Waals surface area (Å²) in [4.78, 5) is 27.0. The molecular formula is C15H20N4O2. The van der Waals surface area contributed by atoms with E-state index in [4.69, 9.17) is 5.73 Å². The van der Waals surface area contributed by atoms with Gasteiger partial charge in [0.1, 0.15) is 6.04 Å². The Hall–Kier alpha value is -2.50. The summed E-state index contributed by atoms with van der Waals surface area (Å²) in [7, 11) is 0. The number of carbonyl (C=O) groups excluding carboxylic acids is 2. The Morgan fingerprint density at radius 3 is 2.86 bits per heavy atom. The molecule has 0 saturated heterocycles. The third kappa shape index (κ3) is 3.34. The molecule has 0 aliphatic rings. The van der Waals surface area contributed by atoms with Gasteiger partial charge >= 0.3 is 0 Å². The molecule has 0 radical (unpaired) electrons. The Morgan fingerprint density at radius 1 is 1.38 bits per heavy atom. The lowest BCUT2D eigenvalue weighted by atomic mass is 10.1. The molecule has 2 aromatic rings. The predicted molar refractivity (Wildman–Crippen MR) is 82.9 cm³/mol. The van der Waals surface area contributed by atoms with E-state index in [1.54, 1.807) is 31.3 Å². The van der Waals surface area contributed by atoms with Crippen molar-refractivity contribution in [2.75, 3.05) is 12.3 Å². The van der Waals surface area contributed by atoms with Gasteiger partial charge in [0.05, 0.1) is 5.56 Å². The molecule has 1 heterocycles. The van der Waals surface area contributed by atoms with Crippen LogP contribution in [0.25, 0.3) is 10.9 Å². The second-order valence-corrected chi connectivity index (χ2v) is 4.99. The summed E-state index contributed by atoms with van der Waals surface area (Å²) in [5.74, 6) is -0.473. The van der Waals surface area contributed by atoms with Gasteiger partial charge in [-0.1, -0.05) is 6.92 Å². The van der Waals surface area contributed by atoms with Crippen LogP contribution in [0.5, 0.6) is 0 Å². The van der Waals surface area contributed by atoms with E-state index in [0.29, 0.717) is 17.8 Å². The highest BCUT2D eigenvalue weighted by molar-refractivity contribution is 6.08. The number of nitrogens with two attached hydrogens (primary N) is 1. The average Bonchev–Trinajstić information content (AvgIpc) is 2.87. The minimum atomic E-state index is -0.581. The lowest BCUT2D eigenvalue weighted by molar-refractivity contribution is -0.122. The van der Waals surface area contributed by atoms with Gasteiger partial charge in [0, 0.05) is 29.3 Å². The van der Waals surface area contributed by atoms with Gasteiger partial charge in [0.2, 0.25) is 5.91 Å². The normalized spacial score (nSPS) is 12.1. The summed E-state index contributed by atoms with van der Waals surface area (Å²) in [5, 5.41) is 6.23. The number of anilines is 1. The zero-order valence-corrected chi connectivity index (χ0v) is 12.2. The smallest absolute Gasteiger partial charge is 0.254 e. The van der Waals surface area contributed by atoms with E-state index in [-0.39, 0.29) is 11.8 Å². The van der Waals surface area contributed by atoms with E-state index in [1.165, 1.54) is 0 Å². The van der Waals surface area contributed by atoms with E-state index in [1.807, 2.05) is 6.92 Å². The van der Waals surface area contributed by atoms with Gasteiger partial charge in [0.15, 0.2) is 0 Å². The highest BCUT2D eigenvalue weighted by Crippen LogP contribution is 2.20. The van der Waals surface area contributed by atoms with Crippen molar-refractivity contribution in [3.8, 4) is 0 Å². The van der Waals surface area contributed by atoms with Crippen molar-refractivity contribution in [2.45, 2.75) is 26.3 Å². The maximum Gasteiger partial charge on any atom is 0.254 e. The fourth-order valence-corrected chi connectivity index (χ4v) is 2.07. The first-order valence-electron chi connectivity index (χ1n) is 6.98. The van der Waals surface area contributed by atoms with Gasteiger partial charge in [-0.3, -0.25) is 9.59 Å². The summed E-state index contributed by atoms with van der Waals surface area (Å²) < 4.78 is 0. The van der Waals surface area contributed by atoms with Gasteiger partial charge in [-0.15, -0.1) is 0 Å². The van der Waals surface area contributed by atoms with Gasteiger partial charge in [-0.05, 0) is 31.5 Å². The Bertz CT molecular complexity index is 663. The van der Waals surface area contributed by atoms with Gasteiger partial charge in [-0.25, -0.2) is 0 Å². The summed E-state index contributed by atoms with van der Waals surface area (Å²) in [6, 6.07) is 4.72. The number of carbonyl (C=O) groups is 2. The van der Waals surface area contributed by atoms with Crippen LogP contribution in [0, 0.1) is 0 Å². The van der Waals surface area contributed by atoms with Crippen LogP contribution >= 0.6 is 0 Å². The second-order valence-electron chi connectivity index (χ2n) is 4.99. The molecule has 0 saturated carbocycles. The summed E-state index contributed by atoms with van der Waals surface area (Å²) >= 11 is 0. The molecule has 0 aliphatic carbocycles. The average molecular weight is 288 g/mol. The van der Waals surface area contributed by atoms with E-state index in [2.05, 4.69) is 15.6 Å². The molecule has 0 aliphatic heterocycles. The number of H-pyrrole nitrogens is 1. The van der Waals surface area contributed by atoms with Gasteiger partial charge < -0.3 is 21.4 Å². The van der Waals surface area contributed by atoms with Gasteiger partial charge in [0.25, 0.3) is 5.91 Å². The van der Waals surface area contributed by atoms with Crippen LogP contribution in [0.1, 0.15) is 30.6 Å². The Kier molecular flexibility index (Phi) is 4.47. The summed E-state index contributed by atoms with van der Waals surface area (Å²) in [6.07, 6.45) is 2.48. The number of hydrogen-bond acceptors (Lipinski definition) is 3. The monoisotopic (exact) mass is 288 g/mol. The van der Waals surface area contributed by atoms with Crippen LogP contribution in [0.3, 0.4) is 0 Å². The zero-order chi connectivity index (χ0) is 15.4. The van der Waals surface area contributed by atoms with Gasteiger partial charge in [-0.2, -0.15) is 0 Å². The lowest BCUT2D eigenvalue weighted by Crippen LogP contribution is -2.44. The molecular weight excluding hydrogens is 268 g/mol.